The van der Waals surface area contributed by atoms with Crippen LogP contribution >= 0.6 is 12.6 Å². The molecule has 18 N–H and O–H groups in total. The molecule has 20 nitrogen and oxygen atoms in total. The molecule has 54 heavy (non-hydrogen) atoms. The van der Waals surface area contributed by atoms with Gasteiger partial charge in [0.1, 0.15) is 30.2 Å². The van der Waals surface area contributed by atoms with E-state index in [9.17, 15) is 38.7 Å². The van der Waals surface area contributed by atoms with Gasteiger partial charge in [-0.25, -0.2) is 4.79 Å². The lowest BCUT2D eigenvalue weighted by molar-refractivity contribution is -0.143. The van der Waals surface area contributed by atoms with Crippen LogP contribution in [-0.4, -0.2) is 114 Å². The summed E-state index contributed by atoms with van der Waals surface area (Å²) in [7, 11) is 0. The van der Waals surface area contributed by atoms with Crippen LogP contribution in [0.15, 0.2) is 0 Å². The maximum absolute atomic E-state index is 13.7. The van der Waals surface area contributed by atoms with Gasteiger partial charge in [-0.2, -0.15) is 12.6 Å². The zero-order valence-corrected chi connectivity index (χ0v) is 31.8. The van der Waals surface area contributed by atoms with Crippen molar-refractivity contribution in [3.63, 3.8) is 0 Å². The van der Waals surface area contributed by atoms with Crippen molar-refractivity contribution in [2.24, 2.45) is 34.6 Å². The topological polar surface area (TPSA) is 366 Å². The standard InChI is InChI=1S/C33H62N12O8S/c34-14-5-4-9-21(41-27(47)20(36)13-15-35)29(49)45-25(18-54)31(51)43-23(11-12-26(37)46)30(50)42-22(10-6-16-40-33(38)39)28(48)44-24(32(52)53)17-19-7-2-1-3-8-19/h19-25,54H,1-18,34-36H2,(H2,37,46)(H,41,47)(H,42,50)(H,43,51)(H,44,48)(H,45,49)(H,52,53)(H4,38,39,40)/t20-,21-,22-,23-,24-,25-/m0/s1. The average Bonchev–Trinajstić information content (AvgIpc) is 3.12. The van der Waals surface area contributed by atoms with E-state index in [1.165, 1.54) is 0 Å². The summed E-state index contributed by atoms with van der Waals surface area (Å²) in [6.07, 6.45) is 5.92. The molecule has 1 aliphatic rings. The van der Waals surface area contributed by atoms with E-state index in [1.807, 2.05) is 0 Å². The van der Waals surface area contributed by atoms with Crippen molar-refractivity contribution >= 4 is 60.0 Å². The summed E-state index contributed by atoms with van der Waals surface area (Å²) in [4.78, 5) is 90.4. The Labute approximate surface area is 321 Å². The van der Waals surface area contributed by atoms with Crippen molar-refractivity contribution in [3.05, 3.63) is 0 Å². The fraction of sp³-hybridized carbons (Fsp3) is 0.758. The third kappa shape index (κ3) is 19.2. The number of aliphatic carboxylic acids is 1. The van der Waals surface area contributed by atoms with Crippen LogP contribution < -0.4 is 60.6 Å². The SMILES string of the molecule is N=C(N)NCCC[C@H](NC(=O)[C@H](CCC(N)=O)NC(=O)[C@H](CS)NC(=O)[C@H](CCCCN)NC(=O)[C@@H](N)CCN)C(=O)N[C@@H](CC1CCCCC1)C(=O)O. The molecule has 0 radical (unpaired) electrons. The van der Waals surface area contributed by atoms with Gasteiger partial charge in [-0.3, -0.25) is 34.2 Å². The number of carbonyl (C=O) groups excluding carboxylic acids is 6. The van der Waals surface area contributed by atoms with Gasteiger partial charge in [0.2, 0.25) is 35.4 Å². The molecule has 6 atom stereocenters. The van der Waals surface area contributed by atoms with Crippen LogP contribution in [0.3, 0.4) is 0 Å². The number of hydrogen-bond donors (Lipinski definition) is 14. The van der Waals surface area contributed by atoms with Gasteiger partial charge in [0, 0.05) is 18.7 Å². The predicted octanol–water partition coefficient (Wildman–Crippen LogP) is -3.27. The van der Waals surface area contributed by atoms with E-state index in [-0.39, 0.29) is 75.7 Å². The molecule has 0 aliphatic heterocycles. The lowest BCUT2D eigenvalue weighted by Gasteiger charge is -2.28. The summed E-state index contributed by atoms with van der Waals surface area (Å²) in [5, 5.41) is 32.6. The average molecular weight is 787 g/mol. The van der Waals surface area contributed by atoms with Gasteiger partial charge in [-0.1, -0.05) is 32.1 Å². The highest BCUT2D eigenvalue weighted by Gasteiger charge is 2.33. The highest BCUT2D eigenvalue weighted by Crippen LogP contribution is 2.27. The monoisotopic (exact) mass is 786 g/mol. The van der Waals surface area contributed by atoms with Gasteiger partial charge in [0.25, 0.3) is 0 Å². The van der Waals surface area contributed by atoms with E-state index in [0.717, 1.165) is 32.1 Å². The number of rotatable bonds is 27. The summed E-state index contributed by atoms with van der Waals surface area (Å²) in [6, 6.07) is -7.28. The van der Waals surface area contributed by atoms with Gasteiger partial charge in [0.05, 0.1) is 6.04 Å². The van der Waals surface area contributed by atoms with Gasteiger partial charge in [-0.15, -0.1) is 0 Å². The Morgan fingerprint density at radius 2 is 1.17 bits per heavy atom. The first-order chi connectivity index (χ1) is 25.6. The molecule has 0 unspecified atom stereocenters. The van der Waals surface area contributed by atoms with Crippen molar-refractivity contribution in [1.29, 1.82) is 5.41 Å². The van der Waals surface area contributed by atoms with E-state index in [1.54, 1.807) is 0 Å². The first-order valence-electron chi connectivity index (χ1n) is 18.5. The number of nitrogens with two attached hydrogens (primary N) is 5. The van der Waals surface area contributed by atoms with E-state index >= 15 is 0 Å². The molecule has 0 saturated heterocycles. The summed E-state index contributed by atoms with van der Waals surface area (Å²) >= 11 is 4.19. The number of unbranched alkanes of at least 4 members (excludes halogenated alkanes) is 1. The van der Waals surface area contributed by atoms with Crippen LogP contribution in [-0.2, 0) is 33.6 Å². The zero-order valence-electron chi connectivity index (χ0n) is 30.9. The Morgan fingerprint density at radius 1 is 0.667 bits per heavy atom. The third-order valence-corrected chi connectivity index (χ3v) is 9.41. The Bertz CT molecular complexity index is 1260. The van der Waals surface area contributed by atoms with Crippen molar-refractivity contribution in [2.45, 2.75) is 126 Å². The molecular formula is C33H62N12O8S. The van der Waals surface area contributed by atoms with Crippen molar-refractivity contribution in [3.8, 4) is 0 Å². The quantitative estimate of drug-likeness (QED) is 0.0168. The smallest absolute Gasteiger partial charge is 0.326 e. The van der Waals surface area contributed by atoms with Gasteiger partial charge in [0.15, 0.2) is 5.96 Å². The van der Waals surface area contributed by atoms with Crippen LogP contribution in [0, 0.1) is 11.3 Å². The molecule has 1 aliphatic carbocycles. The van der Waals surface area contributed by atoms with Crippen LogP contribution in [0.4, 0.5) is 0 Å². The fourth-order valence-electron chi connectivity index (χ4n) is 5.97. The molecule has 0 heterocycles. The van der Waals surface area contributed by atoms with Gasteiger partial charge < -0.3 is 65.7 Å². The molecule has 21 heteroatoms. The molecule has 308 valence electrons. The Hall–Kier alpha value is -4.21. The van der Waals surface area contributed by atoms with Crippen LogP contribution in [0.2, 0.25) is 0 Å². The minimum absolute atomic E-state index is 0.00830. The Balaban J connectivity index is 3.19. The van der Waals surface area contributed by atoms with E-state index < -0.39 is 77.7 Å². The lowest BCUT2D eigenvalue weighted by Crippen LogP contribution is -2.59. The summed E-state index contributed by atoms with van der Waals surface area (Å²) < 4.78 is 0. The Kier molecular flexibility index (Phi) is 23.5. The third-order valence-electron chi connectivity index (χ3n) is 9.05. The van der Waals surface area contributed by atoms with Crippen LogP contribution in [0.1, 0.15) is 89.9 Å². The van der Waals surface area contributed by atoms with Crippen molar-refractivity contribution < 1.29 is 38.7 Å². The molecule has 1 fully saturated rings. The number of carboxylic acids is 1. The second kappa shape index (κ2) is 26.5. The zero-order chi connectivity index (χ0) is 40.6. The summed E-state index contributed by atoms with van der Waals surface area (Å²) in [5.74, 6) is -6.26. The molecule has 0 aromatic carbocycles. The Morgan fingerprint density at radius 3 is 1.67 bits per heavy atom. The lowest BCUT2D eigenvalue weighted by atomic mass is 9.84. The molecular weight excluding hydrogens is 725 g/mol. The second-order valence-electron chi connectivity index (χ2n) is 13.5. The first-order valence-corrected chi connectivity index (χ1v) is 19.1. The van der Waals surface area contributed by atoms with Crippen molar-refractivity contribution in [1.82, 2.24) is 31.9 Å². The van der Waals surface area contributed by atoms with E-state index in [4.69, 9.17) is 34.1 Å². The predicted molar refractivity (Wildman–Crippen MR) is 204 cm³/mol. The molecule has 0 aromatic heterocycles. The van der Waals surface area contributed by atoms with Crippen molar-refractivity contribution in [2.75, 3.05) is 25.4 Å². The molecule has 1 saturated carbocycles. The fourth-order valence-corrected chi connectivity index (χ4v) is 6.22. The minimum Gasteiger partial charge on any atom is -0.480 e. The second-order valence-corrected chi connectivity index (χ2v) is 13.9. The molecule has 0 bridgehead atoms. The number of amides is 6. The van der Waals surface area contributed by atoms with Crippen LogP contribution in [0.5, 0.6) is 0 Å². The molecule has 1 rings (SSSR count). The van der Waals surface area contributed by atoms with E-state index in [2.05, 4.69) is 44.5 Å². The number of carbonyl (C=O) groups is 7. The number of hydrogen-bond acceptors (Lipinski definition) is 12. The van der Waals surface area contributed by atoms with Gasteiger partial charge in [-0.05, 0) is 70.4 Å². The summed E-state index contributed by atoms with van der Waals surface area (Å²) in [5.41, 5.74) is 27.6. The summed E-state index contributed by atoms with van der Waals surface area (Å²) in [6.45, 7) is 0.664. The largest absolute Gasteiger partial charge is 0.480 e. The maximum Gasteiger partial charge on any atom is 0.326 e. The molecule has 0 aromatic rings. The van der Waals surface area contributed by atoms with Crippen LogP contribution in [0.25, 0.3) is 0 Å². The minimum atomic E-state index is -1.43. The highest BCUT2D eigenvalue weighted by molar-refractivity contribution is 7.80. The van der Waals surface area contributed by atoms with E-state index in [0.29, 0.717) is 19.4 Å². The number of primary amides is 1. The molecule has 6 amide bonds. The number of carboxylic acid groups (broad SMARTS) is 1. The number of thiol groups is 1. The normalized spacial score (nSPS) is 16.3. The highest BCUT2D eigenvalue weighted by atomic mass is 32.1. The maximum atomic E-state index is 13.7. The molecule has 0 spiro atoms. The number of guanidine groups is 1. The number of nitrogens with one attached hydrogen (secondary N) is 7. The first kappa shape index (κ1) is 47.8. The van der Waals surface area contributed by atoms with Gasteiger partial charge >= 0.3 is 5.97 Å².